The predicted molar refractivity (Wildman–Crippen MR) is 57.5 cm³/mol. The third-order valence-electron chi connectivity index (χ3n) is 1.24. The van der Waals surface area contributed by atoms with Crippen LogP contribution in [0.3, 0.4) is 0 Å². The Kier molecular flexibility index (Phi) is 4.19. The highest BCUT2D eigenvalue weighted by atomic mass is 35.5. The lowest BCUT2D eigenvalue weighted by Crippen LogP contribution is -1.78. The molecular formula is C9H10ClNS. The van der Waals surface area contributed by atoms with Crippen LogP contribution in [0.15, 0.2) is 35.3 Å². The number of rotatable bonds is 2. The second-order valence-electron chi connectivity index (χ2n) is 2.13. The molecule has 0 saturated carbocycles. The van der Waals surface area contributed by atoms with Crippen molar-refractivity contribution in [2.24, 2.45) is 4.99 Å². The van der Waals surface area contributed by atoms with Crippen molar-refractivity contribution < 1.29 is 0 Å². The van der Waals surface area contributed by atoms with Crippen LogP contribution < -0.4 is 0 Å². The summed E-state index contributed by atoms with van der Waals surface area (Å²) in [7, 11) is 0. The summed E-state index contributed by atoms with van der Waals surface area (Å²) < 4.78 is 0.601. The summed E-state index contributed by atoms with van der Waals surface area (Å²) in [4.78, 5) is 4.19. The Balaban J connectivity index is 2.67. The molecule has 0 amide bonds. The molecule has 0 unspecified atom stereocenters. The van der Waals surface area contributed by atoms with Crippen LogP contribution in [-0.4, -0.2) is 10.3 Å². The van der Waals surface area contributed by atoms with E-state index in [1.54, 1.807) is 11.8 Å². The van der Waals surface area contributed by atoms with Crippen molar-refractivity contribution in [2.45, 2.75) is 6.92 Å². The molecule has 0 aromatic heterocycles. The number of nitrogens with zero attached hydrogens (tertiary/aromatic N) is 1. The molecule has 64 valence electrons. The molecule has 0 radical (unpaired) electrons. The molecule has 0 spiro atoms. The monoisotopic (exact) mass is 199 g/mol. The van der Waals surface area contributed by atoms with Gasteiger partial charge in [-0.25, -0.2) is 4.99 Å². The van der Waals surface area contributed by atoms with Crippen LogP contribution in [0.5, 0.6) is 0 Å². The number of aliphatic imine (C=N–C) groups is 1. The van der Waals surface area contributed by atoms with Crippen LogP contribution in [0.1, 0.15) is 6.92 Å². The number of hydrogen-bond donors (Lipinski definition) is 0. The molecule has 0 saturated heterocycles. The Hall–Kier alpha value is -0.470. The molecule has 12 heavy (non-hydrogen) atoms. The fourth-order valence-corrected chi connectivity index (χ4v) is 1.59. The van der Waals surface area contributed by atoms with E-state index in [1.807, 2.05) is 37.3 Å². The van der Waals surface area contributed by atoms with E-state index in [1.165, 1.54) is 0 Å². The normalized spacial score (nSPS) is 11.7. The predicted octanol–water partition coefficient (Wildman–Crippen LogP) is 3.67. The van der Waals surface area contributed by atoms with Gasteiger partial charge < -0.3 is 0 Å². The summed E-state index contributed by atoms with van der Waals surface area (Å²) in [5.74, 6) is 0.954. The van der Waals surface area contributed by atoms with Crippen LogP contribution >= 0.6 is 23.4 Å². The standard InChI is InChI=1S/C9H10ClNS/c1-2-12-9(10)11-8-6-4-3-5-7-8/h3-7H,2H2,1H3. The van der Waals surface area contributed by atoms with Gasteiger partial charge in [0.25, 0.3) is 0 Å². The van der Waals surface area contributed by atoms with Crippen molar-refractivity contribution in [1.82, 2.24) is 0 Å². The summed E-state index contributed by atoms with van der Waals surface area (Å²) in [5.41, 5.74) is 0.906. The van der Waals surface area contributed by atoms with E-state index >= 15 is 0 Å². The van der Waals surface area contributed by atoms with Gasteiger partial charge in [-0.05, 0) is 17.9 Å². The maximum atomic E-state index is 5.83. The zero-order valence-electron chi connectivity index (χ0n) is 6.83. The zero-order chi connectivity index (χ0) is 8.81. The molecule has 0 heterocycles. The SMILES string of the molecule is CCSC(Cl)=Nc1ccccc1. The van der Waals surface area contributed by atoms with Gasteiger partial charge in [0.05, 0.1) is 5.69 Å². The Morgan fingerprint density at radius 3 is 2.67 bits per heavy atom. The lowest BCUT2D eigenvalue weighted by atomic mass is 10.3. The first-order valence-corrected chi connectivity index (χ1v) is 5.11. The zero-order valence-corrected chi connectivity index (χ0v) is 8.40. The fraction of sp³-hybridized carbons (Fsp3) is 0.222. The Labute approximate surface area is 81.8 Å². The van der Waals surface area contributed by atoms with Gasteiger partial charge >= 0.3 is 0 Å². The maximum absolute atomic E-state index is 5.83. The van der Waals surface area contributed by atoms with Crippen molar-refractivity contribution in [2.75, 3.05) is 5.75 Å². The molecule has 3 heteroatoms. The van der Waals surface area contributed by atoms with Crippen molar-refractivity contribution in [3.63, 3.8) is 0 Å². The fourth-order valence-electron chi connectivity index (χ4n) is 0.755. The topological polar surface area (TPSA) is 12.4 Å². The lowest BCUT2D eigenvalue weighted by molar-refractivity contribution is 1.53. The average molecular weight is 200 g/mol. The van der Waals surface area contributed by atoms with E-state index in [4.69, 9.17) is 11.6 Å². The van der Waals surface area contributed by atoms with E-state index in [0.29, 0.717) is 4.50 Å². The average Bonchev–Trinajstić information content (AvgIpc) is 2.06. The molecular weight excluding hydrogens is 190 g/mol. The van der Waals surface area contributed by atoms with Crippen LogP contribution in [0.2, 0.25) is 0 Å². The van der Waals surface area contributed by atoms with Gasteiger partial charge in [-0.2, -0.15) is 0 Å². The summed E-state index contributed by atoms with van der Waals surface area (Å²) >= 11 is 7.37. The van der Waals surface area contributed by atoms with Crippen molar-refractivity contribution in [3.8, 4) is 0 Å². The maximum Gasteiger partial charge on any atom is 0.163 e. The highest BCUT2D eigenvalue weighted by Gasteiger charge is 1.92. The Bertz CT molecular complexity index is 258. The molecule has 0 atom stereocenters. The number of thioether (sulfide) groups is 1. The molecule has 0 aliphatic carbocycles. The first kappa shape index (κ1) is 9.62. The second kappa shape index (κ2) is 5.22. The van der Waals surface area contributed by atoms with Gasteiger partial charge in [0, 0.05) is 0 Å². The quantitative estimate of drug-likeness (QED) is 0.523. The first-order valence-electron chi connectivity index (χ1n) is 3.75. The lowest BCUT2D eigenvalue weighted by Gasteiger charge is -1.94. The third-order valence-corrected chi connectivity index (χ3v) is 2.27. The minimum atomic E-state index is 0.601. The van der Waals surface area contributed by atoms with Crippen LogP contribution in [-0.2, 0) is 0 Å². The van der Waals surface area contributed by atoms with Crippen molar-refractivity contribution >= 4 is 33.6 Å². The Morgan fingerprint density at radius 1 is 1.42 bits per heavy atom. The molecule has 1 nitrogen and oxygen atoms in total. The van der Waals surface area contributed by atoms with Crippen molar-refractivity contribution in [3.05, 3.63) is 30.3 Å². The largest absolute Gasteiger partial charge is 0.230 e. The summed E-state index contributed by atoms with van der Waals surface area (Å²) in [6.45, 7) is 2.05. The third kappa shape index (κ3) is 3.28. The molecule has 0 fully saturated rings. The highest BCUT2D eigenvalue weighted by molar-refractivity contribution is 8.16. The van der Waals surface area contributed by atoms with E-state index in [2.05, 4.69) is 4.99 Å². The number of benzene rings is 1. The molecule has 0 aliphatic heterocycles. The molecule has 1 aromatic rings. The molecule has 1 aromatic carbocycles. The van der Waals surface area contributed by atoms with Gasteiger partial charge in [-0.3, -0.25) is 0 Å². The smallest absolute Gasteiger partial charge is 0.163 e. The van der Waals surface area contributed by atoms with E-state index in [0.717, 1.165) is 11.4 Å². The van der Waals surface area contributed by atoms with E-state index < -0.39 is 0 Å². The highest BCUT2D eigenvalue weighted by Crippen LogP contribution is 2.16. The van der Waals surface area contributed by atoms with Crippen LogP contribution in [0.25, 0.3) is 0 Å². The number of para-hydroxylation sites is 1. The van der Waals surface area contributed by atoms with Crippen LogP contribution in [0, 0.1) is 0 Å². The molecule has 0 N–H and O–H groups in total. The van der Waals surface area contributed by atoms with Gasteiger partial charge in [-0.15, -0.1) is 0 Å². The summed E-state index contributed by atoms with van der Waals surface area (Å²) in [5, 5.41) is 0. The molecule has 0 bridgehead atoms. The van der Waals surface area contributed by atoms with Gasteiger partial charge in [-0.1, -0.05) is 48.5 Å². The molecule has 0 aliphatic rings. The minimum Gasteiger partial charge on any atom is -0.230 e. The van der Waals surface area contributed by atoms with Gasteiger partial charge in [0.1, 0.15) is 0 Å². The Morgan fingerprint density at radius 2 is 2.08 bits per heavy atom. The first-order chi connectivity index (χ1) is 5.83. The number of halogens is 1. The van der Waals surface area contributed by atoms with E-state index in [9.17, 15) is 0 Å². The van der Waals surface area contributed by atoms with E-state index in [-0.39, 0.29) is 0 Å². The minimum absolute atomic E-state index is 0.601. The van der Waals surface area contributed by atoms with Gasteiger partial charge in [0.15, 0.2) is 4.50 Å². The second-order valence-corrected chi connectivity index (χ2v) is 3.97. The summed E-state index contributed by atoms with van der Waals surface area (Å²) in [6.07, 6.45) is 0. The molecule has 1 rings (SSSR count). The van der Waals surface area contributed by atoms with Crippen LogP contribution in [0.4, 0.5) is 5.69 Å². The summed E-state index contributed by atoms with van der Waals surface area (Å²) in [6, 6.07) is 9.70. The number of hydrogen-bond acceptors (Lipinski definition) is 2. The van der Waals surface area contributed by atoms with Crippen molar-refractivity contribution in [1.29, 1.82) is 0 Å². The van der Waals surface area contributed by atoms with Gasteiger partial charge in [0.2, 0.25) is 0 Å².